The van der Waals surface area contributed by atoms with Crippen LogP contribution in [0.25, 0.3) is 0 Å². The number of carbonyl (C=O) groups excluding carboxylic acids is 1. The van der Waals surface area contributed by atoms with E-state index in [4.69, 9.17) is 20.9 Å². The van der Waals surface area contributed by atoms with Gasteiger partial charge in [0, 0.05) is 18.6 Å². The van der Waals surface area contributed by atoms with E-state index in [0.717, 1.165) is 0 Å². The smallest absolute Gasteiger partial charge is 0.399 e. The largest absolute Gasteiger partial charge is 0.496 e. The van der Waals surface area contributed by atoms with Gasteiger partial charge in [0.05, 0.1) is 21.8 Å². The fourth-order valence-corrected chi connectivity index (χ4v) is 2.84. The van der Waals surface area contributed by atoms with Crippen molar-refractivity contribution in [1.29, 1.82) is 0 Å². The lowest BCUT2D eigenvalue weighted by molar-refractivity contribution is 0.00578. The summed E-state index contributed by atoms with van der Waals surface area (Å²) >= 11 is 6.52. The highest BCUT2D eigenvalue weighted by atomic mass is 35.5. The average Bonchev–Trinajstić information content (AvgIpc) is 2.68. The van der Waals surface area contributed by atoms with Gasteiger partial charge in [0.25, 0.3) is 5.91 Å². The Hall–Kier alpha value is -1.04. The Labute approximate surface area is 144 Å². The number of hydrogen-bond donors (Lipinski definition) is 0. The molecular weight excluding hydrogens is 312 g/mol. The van der Waals surface area contributed by atoms with Crippen LogP contribution >= 0.6 is 11.6 Å². The van der Waals surface area contributed by atoms with Gasteiger partial charge in [-0.05, 0) is 47.6 Å². The summed E-state index contributed by atoms with van der Waals surface area (Å²) in [6.07, 6.45) is 0. The van der Waals surface area contributed by atoms with E-state index in [-0.39, 0.29) is 5.91 Å². The van der Waals surface area contributed by atoms with Crippen LogP contribution in [0.2, 0.25) is 5.02 Å². The Kier molecular flexibility index (Phi) is 5.14. The number of nitrogens with zero attached hydrogens (tertiary/aromatic N) is 1. The highest BCUT2D eigenvalue weighted by molar-refractivity contribution is 6.66. The lowest BCUT2D eigenvalue weighted by Crippen LogP contribution is -2.41. The highest BCUT2D eigenvalue weighted by Gasteiger charge is 2.52. The van der Waals surface area contributed by atoms with E-state index in [1.54, 1.807) is 11.0 Å². The van der Waals surface area contributed by atoms with Crippen molar-refractivity contribution in [2.24, 2.45) is 0 Å². The summed E-state index contributed by atoms with van der Waals surface area (Å²) in [4.78, 5) is 14.4. The van der Waals surface area contributed by atoms with Crippen LogP contribution in [0.4, 0.5) is 0 Å². The second-order valence-electron chi connectivity index (χ2n) is 6.77. The molecule has 6 heteroatoms. The third-order valence-electron chi connectivity index (χ3n) is 4.82. The molecule has 0 N–H and O–H groups in total. The first-order valence-corrected chi connectivity index (χ1v) is 8.45. The average molecular weight is 338 g/mol. The molecule has 23 heavy (non-hydrogen) atoms. The van der Waals surface area contributed by atoms with Crippen molar-refractivity contribution < 1.29 is 14.1 Å². The van der Waals surface area contributed by atoms with E-state index < -0.39 is 18.3 Å². The summed E-state index contributed by atoms with van der Waals surface area (Å²) in [5.41, 5.74) is 0.297. The molecule has 1 aromatic carbocycles. The zero-order valence-electron chi connectivity index (χ0n) is 14.8. The van der Waals surface area contributed by atoms with E-state index in [1.807, 2.05) is 53.7 Å². The molecule has 1 fully saturated rings. The number of amides is 1. The van der Waals surface area contributed by atoms with E-state index in [1.165, 1.54) is 0 Å². The Morgan fingerprint density at radius 1 is 1.13 bits per heavy atom. The number of hydrogen-bond acceptors (Lipinski definition) is 3. The van der Waals surface area contributed by atoms with Gasteiger partial charge in [-0.15, -0.1) is 0 Å². The summed E-state index contributed by atoms with van der Waals surface area (Å²) in [7, 11) is -0.572. The van der Waals surface area contributed by atoms with Crippen LogP contribution < -0.4 is 5.46 Å². The van der Waals surface area contributed by atoms with E-state index >= 15 is 0 Å². The monoisotopic (exact) mass is 337 g/mol. The third kappa shape index (κ3) is 3.28. The molecule has 0 radical (unpaired) electrons. The predicted molar refractivity (Wildman–Crippen MR) is 94.4 cm³/mol. The minimum absolute atomic E-state index is 0.0710. The van der Waals surface area contributed by atoms with Crippen LogP contribution in [0, 0.1) is 0 Å². The second kappa shape index (κ2) is 6.46. The van der Waals surface area contributed by atoms with Gasteiger partial charge in [0.1, 0.15) is 0 Å². The molecule has 1 aliphatic rings. The predicted octanol–water partition coefficient (Wildman–Crippen LogP) is 3.12. The summed E-state index contributed by atoms with van der Waals surface area (Å²) < 4.78 is 12.1. The fourth-order valence-electron chi connectivity index (χ4n) is 2.55. The van der Waals surface area contributed by atoms with Crippen molar-refractivity contribution in [1.82, 2.24) is 4.90 Å². The zero-order chi connectivity index (χ0) is 17.4. The van der Waals surface area contributed by atoms with Crippen molar-refractivity contribution in [3.8, 4) is 0 Å². The maximum absolute atomic E-state index is 12.6. The van der Waals surface area contributed by atoms with Crippen molar-refractivity contribution in [3.63, 3.8) is 0 Å². The first-order chi connectivity index (χ1) is 10.6. The molecule has 0 aliphatic carbocycles. The molecular formula is C17H25BClNO3. The topological polar surface area (TPSA) is 38.8 Å². The van der Waals surface area contributed by atoms with Crippen LogP contribution in [0.1, 0.15) is 51.9 Å². The fraction of sp³-hybridized carbons (Fsp3) is 0.588. The van der Waals surface area contributed by atoms with E-state index in [0.29, 0.717) is 29.1 Å². The van der Waals surface area contributed by atoms with Crippen molar-refractivity contribution >= 4 is 30.1 Å². The molecule has 1 saturated heterocycles. The Bertz CT molecular complexity index is 584. The molecule has 1 aliphatic heterocycles. The van der Waals surface area contributed by atoms with Gasteiger partial charge < -0.3 is 14.2 Å². The van der Waals surface area contributed by atoms with E-state index in [2.05, 4.69) is 0 Å². The first kappa shape index (κ1) is 18.3. The van der Waals surface area contributed by atoms with Crippen LogP contribution in [-0.2, 0) is 9.31 Å². The molecule has 0 atom stereocenters. The van der Waals surface area contributed by atoms with Crippen LogP contribution in [-0.4, -0.2) is 42.2 Å². The molecule has 0 bridgehead atoms. The van der Waals surface area contributed by atoms with Gasteiger partial charge in [-0.2, -0.15) is 0 Å². The molecule has 1 heterocycles. The summed E-state index contributed by atoms with van der Waals surface area (Å²) in [6.45, 7) is 13.2. The second-order valence-corrected chi connectivity index (χ2v) is 7.15. The SMILES string of the molecule is CCN(CC)C(=O)c1cccc(B2OC(C)(C)C(C)(C)O2)c1Cl. The van der Waals surface area contributed by atoms with Gasteiger partial charge in [-0.1, -0.05) is 23.7 Å². The van der Waals surface area contributed by atoms with Gasteiger partial charge in [0.2, 0.25) is 0 Å². The van der Waals surface area contributed by atoms with Crippen LogP contribution in [0.5, 0.6) is 0 Å². The Balaban J connectivity index is 2.37. The summed E-state index contributed by atoms with van der Waals surface area (Å²) in [5, 5.41) is 0.405. The maximum Gasteiger partial charge on any atom is 0.496 e. The quantitative estimate of drug-likeness (QED) is 0.792. The van der Waals surface area contributed by atoms with Gasteiger partial charge >= 0.3 is 7.12 Å². The lowest BCUT2D eigenvalue weighted by atomic mass is 9.78. The van der Waals surface area contributed by atoms with Gasteiger partial charge in [0.15, 0.2) is 0 Å². The number of halogens is 1. The molecule has 126 valence electrons. The normalized spacial score (nSPS) is 19.0. The molecule has 2 rings (SSSR count). The summed E-state index contributed by atoms with van der Waals surface area (Å²) in [5.74, 6) is -0.0710. The van der Waals surface area contributed by atoms with Crippen molar-refractivity contribution in [2.75, 3.05) is 13.1 Å². The molecule has 0 saturated carbocycles. The standard InChI is InChI=1S/C17H25BClNO3/c1-7-20(8-2)15(21)12-10-9-11-13(14(12)19)18-22-16(3,4)17(5,6)23-18/h9-11H,7-8H2,1-6H3. The maximum atomic E-state index is 12.6. The third-order valence-corrected chi connectivity index (χ3v) is 5.24. The lowest BCUT2D eigenvalue weighted by Gasteiger charge is -2.32. The van der Waals surface area contributed by atoms with Crippen LogP contribution in [0.15, 0.2) is 18.2 Å². The molecule has 0 spiro atoms. The molecule has 0 aromatic heterocycles. The van der Waals surface area contributed by atoms with Gasteiger partial charge in [-0.25, -0.2) is 0 Å². The van der Waals surface area contributed by atoms with Crippen LogP contribution in [0.3, 0.4) is 0 Å². The first-order valence-electron chi connectivity index (χ1n) is 8.08. The molecule has 1 amide bonds. The summed E-state index contributed by atoms with van der Waals surface area (Å²) in [6, 6.07) is 5.42. The number of rotatable bonds is 4. The number of carbonyl (C=O) groups is 1. The van der Waals surface area contributed by atoms with Gasteiger partial charge in [-0.3, -0.25) is 4.79 Å². The van der Waals surface area contributed by atoms with Crippen molar-refractivity contribution in [2.45, 2.75) is 52.7 Å². The highest BCUT2D eigenvalue weighted by Crippen LogP contribution is 2.37. The molecule has 1 aromatic rings. The molecule has 0 unspecified atom stereocenters. The number of benzene rings is 1. The van der Waals surface area contributed by atoms with E-state index in [9.17, 15) is 4.79 Å². The Morgan fingerprint density at radius 3 is 2.13 bits per heavy atom. The molecule has 4 nitrogen and oxygen atoms in total. The Morgan fingerprint density at radius 2 is 1.65 bits per heavy atom. The zero-order valence-corrected chi connectivity index (χ0v) is 15.5. The van der Waals surface area contributed by atoms with Crippen molar-refractivity contribution in [3.05, 3.63) is 28.8 Å². The minimum Gasteiger partial charge on any atom is -0.399 e. The minimum atomic E-state index is -0.572.